The van der Waals surface area contributed by atoms with Crippen molar-refractivity contribution >= 4 is 5.69 Å². The van der Waals surface area contributed by atoms with Crippen LogP contribution in [0.15, 0.2) is 36.9 Å². The van der Waals surface area contributed by atoms with Crippen molar-refractivity contribution in [3.8, 4) is 0 Å². The van der Waals surface area contributed by atoms with Gasteiger partial charge in [-0.1, -0.05) is 18.2 Å². The predicted octanol–water partition coefficient (Wildman–Crippen LogP) is 2.86. The standard InChI is InChI=1S/C11H13NO3/c1-3-5-11(15-2)9-6-4-7-10(8-9)12(13)14/h3-4,6-8,11H,1,5H2,2H3. The van der Waals surface area contributed by atoms with E-state index >= 15 is 0 Å². The SMILES string of the molecule is C=CCC(OC)c1cccc([N+](=O)[O-])c1. The number of hydrogen-bond donors (Lipinski definition) is 0. The molecule has 0 saturated carbocycles. The Morgan fingerprint density at radius 2 is 2.40 bits per heavy atom. The molecule has 0 fully saturated rings. The van der Waals surface area contributed by atoms with Crippen molar-refractivity contribution < 1.29 is 9.66 Å². The van der Waals surface area contributed by atoms with Gasteiger partial charge in [0.1, 0.15) is 0 Å². The summed E-state index contributed by atoms with van der Waals surface area (Å²) in [4.78, 5) is 10.2. The minimum absolute atomic E-state index is 0.0820. The third-order valence-corrected chi connectivity index (χ3v) is 2.12. The van der Waals surface area contributed by atoms with Crippen LogP contribution >= 0.6 is 0 Å². The Labute approximate surface area is 88.3 Å². The van der Waals surface area contributed by atoms with Crippen molar-refractivity contribution in [2.75, 3.05) is 7.11 Å². The molecule has 0 aliphatic rings. The van der Waals surface area contributed by atoms with Gasteiger partial charge >= 0.3 is 0 Å². The molecule has 1 unspecified atom stereocenters. The first kappa shape index (κ1) is 11.4. The molecule has 0 heterocycles. The molecular formula is C11H13NO3. The van der Waals surface area contributed by atoms with Crippen LogP contribution in [0.5, 0.6) is 0 Å². The zero-order chi connectivity index (χ0) is 11.3. The lowest BCUT2D eigenvalue weighted by Gasteiger charge is -2.12. The number of nitrogens with zero attached hydrogens (tertiary/aromatic N) is 1. The third kappa shape index (κ3) is 2.89. The molecule has 0 bridgehead atoms. The maximum Gasteiger partial charge on any atom is 0.269 e. The number of ether oxygens (including phenoxy) is 1. The summed E-state index contributed by atoms with van der Waals surface area (Å²) in [5, 5.41) is 10.6. The Morgan fingerprint density at radius 1 is 1.67 bits per heavy atom. The van der Waals surface area contributed by atoms with Crippen molar-refractivity contribution in [2.24, 2.45) is 0 Å². The summed E-state index contributed by atoms with van der Waals surface area (Å²) in [5.74, 6) is 0. The molecule has 0 saturated heterocycles. The van der Waals surface area contributed by atoms with Crippen molar-refractivity contribution in [3.63, 3.8) is 0 Å². The fourth-order valence-corrected chi connectivity index (χ4v) is 1.36. The lowest BCUT2D eigenvalue weighted by molar-refractivity contribution is -0.385. The average molecular weight is 207 g/mol. The fourth-order valence-electron chi connectivity index (χ4n) is 1.36. The molecule has 1 rings (SSSR count). The molecule has 0 amide bonds. The molecule has 0 aliphatic carbocycles. The zero-order valence-corrected chi connectivity index (χ0v) is 8.55. The minimum Gasteiger partial charge on any atom is -0.376 e. The van der Waals surface area contributed by atoms with E-state index in [-0.39, 0.29) is 11.8 Å². The van der Waals surface area contributed by atoms with Gasteiger partial charge < -0.3 is 4.74 Å². The first-order chi connectivity index (χ1) is 7.19. The van der Waals surface area contributed by atoms with Gasteiger partial charge in [-0.3, -0.25) is 10.1 Å². The van der Waals surface area contributed by atoms with Crippen LogP contribution in [0.1, 0.15) is 18.1 Å². The van der Waals surface area contributed by atoms with Crippen LogP contribution in [0.4, 0.5) is 5.69 Å². The van der Waals surface area contributed by atoms with Crippen LogP contribution < -0.4 is 0 Å². The molecule has 0 aromatic heterocycles. The highest BCUT2D eigenvalue weighted by Gasteiger charge is 2.12. The average Bonchev–Trinajstić information content (AvgIpc) is 2.26. The second-order valence-electron chi connectivity index (χ2n) is 3.10. The van der Waals surface area contributed by atoms with Crippen molar-refractivity contribution in [1.29, 1.82) is 0 Å². The molecule has 4 heteroatoms. The summed E-state index contributed by atoms with van der Waals surface area (Å²) in [7, 11) is 1.58. The number of rotatable bonds is 5. The lowest BCUT2D eigenvalue weighted by atomic mass is 10.1. The largest absolute Gasteiger partial charge is 0.376 e. The van der Waals surface area contributed by atoms with E-state index in [1.807, 2.05) is 6.07 Å². The summed E-state index contributed by atoms with van der Waals surface area (Å²) in [5.41, 5.74) is 0.880. The molecule has 4 nitrogen and oxygen atoms in total. The van der Waals surface area contributed by atoms with Gasteiger partial charge in [-0.15, -0.1) is 6.58 Å². The number of nitro benzene ring substituents is 1. The van der Waals surface area contributed by atoms with Crippen molar-refractivity contribution in [1.82, 2.24) is 0 Å². The van der Waals surface area contributed by atoms with E-state index in [1.165, 1.54) is 12.1 Å². The van der Waals surface area contributed by atoms with Crippen molar-refractivity contribution in [3.05, 3.63) is 52.6 Å². The van der Waals surface area contributed by atoms with Crippen LogP contribution in [-0.4, -0.2) is 12.0 Å². The molecule has 1 aromatic rings. The molecule has 0 aliphatic heterocycles. The normalized spacial score (nSPS) is 12.1. The Kier molecular flexibility index (Phi) is 4.00. The van der Waals surface area contributed by atoms with Crippen LogP contribution in [0.3, 0.4) is 0 Å². The maximum atomic E-state index is 10.6. The maximum absolute atomic E-state index is 10.6. The summed E-state index contributed by atoms with van der Waals surface area (Å²) in [6, 6.07) is 6.45. The summed E-state index contributed by atoms with van der Waals surface area (Å²) >= 11 is 0. The molecule has 1 aromatic carbocycles. The van der Waals surface area contributed by atoms with Gasteiger partial charge in [0.15, 0.2) is 0 Å². The highest BCUT2D eigenvalue weighted by molar-refractivity contribution is 5.35. The quantitative estimate of drug-likeness (QED) is 0.423. The van der Waals surface area contributed by atoms with Crippen molar-refractivity contribution in [2.45, 2.75) is 12.5 Å². The summed E-state index contributed by atoms with van der Waals surface area (Å²) in [6.45, 7) is 3.62. The Hall–Kier alpha value is -1.68. The van der Waals surface area contributed by atoms with Gasteiger partial charge in [0.25, 0.3) is 5.69 Å². The molecule has 80 valence electrons. The third-order valence-electron chi connectivity index (χ3n) is 2.12. The van der Waals surface area contributed by atoms with Crippen LogP contribution in [0.25, 0.3) is 0 Å². The summed E-state index contributed by atoms with van der Waals surface area (Å²) in [6.07, 6.45) is 2.20. The monoisotopic (exact) mass is 207 g/mol. The number of benzene rings is 1. The highest BCUT2D eigenvalue weighted by Crippen LogP contribution is 2.24. The van der Waals surface area contributed by atoms with E-state index in [0.717, 1.165) is 5.56 Å². The molecule has 0 spiro atoms. The van der Waals surface area contributed by atoms with Crippen LogP contribution in [0.2, 0.25) is 0 Å². The lowest BCUT2D eigenvalue weighted by Crippen LogP contribution is -2.00. The fraction of sp³-hybridized carbons (Fsp3) is 0.273. The van der Waals surface area contributed by atoms with E-state index in [4.69, 9.17) is 4.74 Å². The minimum atomic E-state index is -0.413. The molecule has 0 radical (unpaired) electrons. The smallest absolute Gasteiger partial charge is 0.269 e. The Balaban J connectivity index is 2.97. The highest BCUT2D eigenvalue weighted by atomic mass is 16.6. The second kappa shape index (κ2) is 5.26. The van der Waals surface area contributed by atoms with Crippen LogP contribution in [-0.2, 0) is 4.74 Å². The van der Waals surface area contributed by atoms with Gasteiger partial charge in [0.05, 0.1) is 11.0 Å². The molecular weight excluding hydrogens is 194 g/mol. The topological polar surface area (TPSA) is 52.4 Å². The predicted molar refractivity (Wildman–Crippen MR) is 57.7 cm³/mol. The van der Waals surface area contributed by atoms with Gasteiger partial charge in [-0.05, 0) is 12.0 Å². The van der Waals surface area contributed by atoms with Crippen LogP contribution in [0, 0.1) is 10.1 Å². The molecule has 15 heavy (non-hydrogen) atoms. The first-order valence-corrected chi connectivity index (χ1v) is 4.57. The Bertz CT molecular complexity index is 363. The van der Waals surface area contributed by atoms with E-state index in [2.05, 4.69) is 6.58 Å². The Morgan fingerprint density at radius 3 is 2.93 bits per heavy atom. The molecule has 0 N–H and O–H groups in total. The van der Waals surface area contributed by atoms with E-state index in [1.54, 1.807) is 19.3 Å². The van der Waals surface area contributed by atoms with E-state index in [0.29, 0.717) is 6.42 Å². The number of non-ortho nitro benzene ring substituents is 1. The van der Waals surface area contributed by atoms with E-state index < -0.39 is 4.92 Å². The van der Waals surface area contributed by atoms with Gasteiger partial charge in [-0.25, -0.2) is 0 Å². The van der Waals surface area contributed by atoms with Gasteiger partial charge in [0.2, 0.25) is 0 Å². The van der Waals surface area contributed by atoms with Gasteiger partial charge in [0, 0.05) is 19.2 Å². The molecule has 1 atom stereocenters. The van der Waals surface area contributed by atoms with E-state index in [9.17, 15) is 10.1 Å². The summed E-state index contributed by atoms with van der Waals surface area (Å²) < 4.78 is 5.22. The zero-order valence-electron chi connectivity index (χ0n) is 8.55. The van der Waals surface area contributed by atoms with Gasteiger partial charge in [-0.2, -0.15) is 0 Å². The number of methoxy groups -OCH3 is 1. The first-order valence-electron chi connectivity index (χ1n) is 4.57. The number of hydrogen-bond acceptors (Lipinski definition) is 3. The number of nitro groups is 1. The second-order valence-corrected chi connectivity index (χ2v) is 3.10.